The van der Waals surface area contributed by atoms with Crippen LogP contribution in [0.3, 0.4) is 0 Å². The molecule has 6 rings (SSSR count). The van der Waals surface area contributed by atoms with E-state index in [2.05, 4.69) is 21.5 Å². The van der Waals surface area contributed by atoms with Crippen molar-refractivity contribution in [1.82, 2.24) is 24.7 Å². The summed E-state index contributed by atoms with van der Waals surface area (Å²) >= 11 is 1.88. The number of anilines is 1. The number of pyridine rings is 1. The number of fused-ring (bicyclic) bond motifs is 3. The van der Waals surface area contributed by atoms with Gasteiger partial charge in [0.1, 0.15) is 16.5 Å². The van der Waals surface area contributed by atoms with Crippen LogP contribution in [0.4, 0.5) is 5.82 Å². The zero-order valence-electron chi connectivity index (χ0n) is 16.1. The summed E-state index contributed by atoms with van der Waals surface area (Å²) in [4.78, 5) is 17.1. The van der Waals surface area contributed by atoms with Crippen molar-refractivity contribution in [2.45, 2.75) is 51.0 Å². The summed E-state index contributed by atoms with van der Waals surface area (Å²) < 4.78 is 1.77. The Balaban J connectivity index is 1.31. The van der Waals surface area contributed by atoms with Crippen molar-refractivity contribution >= 4 is 27.4 Å². The number of aromatic nitrogens is 5. The fourth-order valence-corrected chi connectivity index (χ4v) is 5.34. The van der Waals surface area contributed by atoms with Crippen LogP contribution in [0.2, 0.25) is 0 Å². The summed E-state index contributed by atoms with van der Waals surface area (Å²) in [6, 6.07) is 6.00. The van der Waals surface area contributed by atoms with Crippen molar-refractivity contribution < 1.29 is 0 Å². The normalized spacial score (nSPS) is 16.1. The van der Waals surface area contributed by atoms with Gasteiger partial charge >= 0.3 is 0 Å². The molecule has 0 aromatic carbocycles. The first-order valence-electron chi connectivity index (χ1n) is 10.4. The average molecular weight is 403 g/mol. The number of aryl methyl sites for hydroxylation is 2. The molecule has 1 fully saturated rings. The van der Waals surface area contributed by atoms with Gasteiger partial charge in [-0.05, 0) is 61.8 Å². The van der Waals surface area contributed by atoms with Crippen molar-refractivity contribution in [3.8, 4) is 5.82 Å². The highest BCUT2D eigenvalue weighted by molar-refractivity contribution is 7.19. The molecule has 1 saturated carbocycles. The molecule has 4 aromatic heterocycles. The monoisotopic (exact) mass is 402 g/mol. The van der Waals surface area contributed by atoms with Crippen LogP contribution in [0.5, 0.6) is 0 Å². The minimum absolute atomic E-state index is 0.550. The molecule has 0 spiro atoms. The van der Waals surface area contributed by atoms with Gasteiger partial charge in [0.15, 0.2) is 5.82 Å². The van der Waals surface area contributed by atoms with Gasteiger partial charge in [0.05, 0.1) is 5.39 Å². The highest BCUT2D eigenvalue weighted by Gasteiger charge is 2.29. The second kappa shape index (κ2) is 6.91. The molecule has 4 heterocycles. The van der Waals surface area contributed by atoms with Crippen molar-refractivity contribution in [3.63, 3.8) is 0 Å². The first kappa shape index (κ1) is 17.1. The second-order valence-electron chi connectivity index (χ2n) is 7.92. The third-order valence-electron chi connectivity index (χ3n) is 5.78. The molecule has 0 aliphatic heterocycles. The van der Waals surface area contributed by atoms with Gasteiger partial charge in [-0.1, -0.05) is 6.07 Å². The molecule has 2 aliphatic carbocycles. The van der Waals surface area contributed by atoms with Gasteiger partial charge in [-0.15, -0.1) is 11.3 Å². The van der Waals surface area contributed by atoms with Gasteiger partial charge in [-0.25, -0.2) is 19.6 Å². The van der Waals surface area contributed by atoms with Crippen molar-refractivity contribution in [3.05, 3.63) is 58.6 Å². The van der Waals surface area contributed by atoms with Crippen LogP contribution in [0, 0.1) is 0 Å². The molecule has 29 heavy (non-hydrogen) atoms. The molecule has 6 nitrogen and oxygen atoms in total. The van der Waals surface area contributed by atoms with Gasteiger partial charge in [0.2, 0.25) is 0 Å². The van der Waals surface area contributed by atoms with Crippen LogP contribution < -0.4 is 5.32 Å². The summed E-state index contributed by atoms with van der Waals surface area (Å²) in [6.45, 7) is 0.702. The molecule has 7 heteroatoms. The van der Waals surface area contributed by atoms with E-state index in [4.69, 9.17) is 9.97 Å². The maximum atomic E-state index is 4.97. The van der Waals surface area contributed by atoms with Gasteiger partial charge in [-0.3, -0.25) is 0 Å². The Bertz CT molecular complexity index is 1160. The smallest absolute Gasteiger partial charge is 0.153 e. The van der Waals surface area contributed by atoms with Gasteiger partial charge in [0.25, 0.3) is 0 Å². The molecule has 0 saturated heterocycles. The zero-order valence-corrected chi connectivity index (χ0v) is 17.0. The predicted molar refractivity (Wildman–Crippen MR) is 115 cm³/mol. The van der Waals surface area contributed by atoms with Crippen LogP contribution in [-0.4, -0.2) is 24.7 Å². The van der Waals surface area contributed by atoms with Gasteiger partial charge in [-0.2, -0.15) is 5.10 Å². The first-order chi connectivity index (χ1) is 14.3. The van der Waals surface area contributed by atoms with E-state index in [-0.39, 0.29) is 0 Å². The van der Waals surface area contributed by atoms with Crippen molar-refractivity contribution in [2.24, 2.45) is 0 Å². The largest absolute Gasteiger partial charge is 0.365 e. The van der Waals surface area contributed by atoms with Crippen LogP contribution in [-0.2, 0) is 19.4 Å². The molecule has 0 unspecified atom stereocenters. The Labute approximate surface area is 173 Å². The number of hydrogen-bond acceptors (Lipinski definition) is 6. The molecule has 4 aromatic rings. The molecular weight excluding hydrogens is 380 g/mol. The second-order valence-corrected chi connectivity index (χ2v) is 9.01. The number of nitrogens with one attached hydrogen (secondary N) is 1. The van der Waals surface area contributed by atoms with Crippen LogP contribution in [0.15, 0.2) is 36.8 Å². The highest BCUT2D eigenvalue weighted by atomic mass is 32.1. The first-order valence-corrected chi connectivity index (χ1v) is 11.2. The summed E-state index contributed by atoms with van der Waals surface area (Å²) in [7, 11) is 0. The van der Waals surface area contributed by atoms with E-state index in [0.717, 1.165) is 29.4 Å². The van der Waals surface area contributed by atoms with E-state index < -0.39 is 0 Å². The molecule has 0 radical (unpaired) electrons. The van der Waals surface area contributed by atoms with E-state index in [1.165, 1.54) is 52.8 Å². The molecule has 0 bridgehead atoms. The number of nitrogens with zero attached hydrogens (tertiary/aromatic N) is 5. The maximum absolute atomic E-state index is 4.97. The lowest BCUT2D eigenvalue weighted by Crippen LogP contribution is -2.07. The Morgan fingerprint density at radius 3 is 2.86 bits per heavy atom. The van der Waals surface area contributed by atoms with E-state index in [1.54, 1.807) is 10.9 Å². The molecular formula is C22H22N6S. The quantitative estimate of drug-likeness (QED) is 0.527. The van der Waals surface area contributed by atoms with Crippen LogP contribution in [0.1, 0.15) is 53.4 Å². The van der Waals surface area contributed by atoms with Gasteiger partial charge < -0.3 is 5.32 Å². The van der Waals surface area contributed by atoms with Crippen molar-refractivity contribution in [2.75, 3.05) is 5.32 Å². The molecule has 0 atom stereocenters. The lowest BCUT2D eigenvalue weighted by atomic mass is 9.97. The Morgan fingerprint density at radius 2 is 2.07 bits per heavy atom. The lowest BCUT2D eigenvalue weighted by Gasteiger charge is -2.13. The summed E-state index contributed by atoms with van der Waals surface area (Å²) in [5.74, 6) is 3.40. The summed E-state index contributed by atoms with van der Waals surface area (Å²) in [6.07, 6.45) is 12.9. The topological polar surface area (TPSA) is 68.5 Å². The minimum Gasteiger partial charge on any atom is -0.365 e. The Hall–Kier alpha value is -2.80. The Morgan fingerprint density at radius 1 is 1.14 bits per heavy atom. The predicted octanol–water partition coefficient (Wildman–Crippen LogP) is 4.64. The fourth-order valence-electron chi connectivity index (χ4n) is 4.07. The number of thiophene rings is 1. The standard InChI is InChI=1S/C22H22N6S/c1-2-5-17-16(4-1)19-21(26-20(15-7-8-15)27-22(19)29-17)24-13-14-6-9-18(23-12-14)28-11-3-10-25-28/h3,6,9-12,15H,1-2,4-5,7-8,13H2,(H,24,26,27). The van der Waals surface area contributed by atoms with Gasteiger partial charge in [0, 0.05) is 35.9 Å². The SMILES string of the molecule is c1cnn(-c2ccc(CNc3nc(C4CC4)nc4sc5c(c34)CCCC5)cn2)c1. The summed E-state index contributed by atoms with van der Waals surface area (Å²) in [5, 5.41) is 9.10. The minimum atomic E-state index is 0.550. The van der Waals surface area contributed by atoms with Crippen molar-refractivity contribution in [1.29, 1.82) is 0 Å². The van der Waals surface area contributed by atoms with Crippen LogP contribution in [0.25, 0.3) is 16.0 Å². The molecule has 146 valence electrons. The Kier molecular flexibility index (Phi) is 4.08. The third-order valence-corrected chi connectivity index (χ3v) is 6.97. The zero-order chi connectivity index (χ0) is 19.2. The molecule has 0 amide bonds. The number of hydrogen-bond donors (Lipinski definition) is 1. The number of rotatable bonds is 5. The molecule has 1 N–H and O–H groups in total. The highest BCUT2D eigenvalue weighted by Crippen LogP contribution is 2.43. The van der Waals surface area contributed by atoms with E-state index in [1.807, 2.05) is 35.9 Å². The van der Waals surface area contributed by atoms with Crippen LogP contribution >= 0.6 is 11.3 Å². The summed E-state index contributed by atoms with van der Waals surface area (Å²) in [5.41, 5.74) is 2.61. The van der Waals surface area contributed by atoms with E-state index in [9.17, 15) is 0 Å². The van der Waals surface area contributed by atoms with E-state index in [0.29, 0.717) is 12.5 Å². The lowest BCUT2D eigenvalue weighted by molar-refractivity contribution is 0.700. The third kappa shape index (κ3) is 3.19. The van der Waals surface area contributed by atoms with E-state index >= 15 is 0 Å². The maximum Gasteiger partial charge on any atom is 0.153 e. The fraction of sp³-hybridized carbons (Fsp3) is 0.364. The molecule has 2 aliphatic rings. The average Bonchev–Trinajstić information content (AvgIpc) is 3.33.